The second kappa shape index (κ2) is 6.22. The fraction of sp³-hybridized carbons (Fsp3) is 0.412. The number of hydrogen-bond donors (Lipinski definition) is 0. The lowest BCUT2D eigenvalue weighted by molar-refractivity contribution is 0.205. The standard InChI is InChI=1S/C17H21N3O/c1-20(12-14-11-15(21-2)8-10-18-14)17(13-6-7-13)16-5-3-4-9-19-16/h3-5,8-11,13,17H,6-7,12H2,1-2H3. The van der Waals surface area contributed by atoms with E-state index in [1.54, 1.807) is 13.3 Å². The summed E-state index contributed by atoms with van der Waals surface area (Å²) in [6.45, 7) is 0.801. The zero-order chi connectivity index (χ0) is 14.7. The van der Waals surface area contributed by atoms with E-state index in [1.807, 2.05) is 24.4 Å². The van der Waals surface area contributed by atoms with Crippen LogP contribution in [0.1, 0.15) is 30.3 Å². The quantitative estimate of drug-likeness (QED) is 0.816. The molecule has 0 N–H and O–H groups in total. The van der Waals surface area contributed by atoms with Crippen molar-refractivity contribution in [1.82, 2.24) is 14.9 Å². The van der Waals surface area contributed by atoms with Gasteiger partial charge in [0.15, 0.2) is 0 Å². The molecule has 4 nitrogen and oxygen atoms in total. The fourth-order valence-electron chi connectivity index (χ4n) is 2.81. The van der Waals surface area contributed by atoms with Gasteiger partial charge in [-0.3, -0.25) is 14.9 Å². The Morgan fingerprint density at radius 1 is 1.24 bits per heavy atom. The van der Waals surface area contributed by atoms with Gasteiger partial charge in [0, 0.05) is 25.0 Å². The van der Waals surface area contributed by atoms with Crippen molar-refractivity contribution in [2.45, 2.75) is 25.4 Å². The van der Waals surface area contributed by atoms with Gasteiger partial charge in [-0.2, -0.15) is 0 Å². The number of rotatable bonds is 6. The lowest BCUT2D eigenvalue weighted by Gasteiger charge is -2.27. The predicted octanol–water partition coefficient (Wildman–Crippen LogP) is 3.07. The molecule has 0 amide bonds. The average Bonchev–Trinajstić information content (AvgIpc) is 3.33. The molecule has 0 aliphatic heterocycles. The summed E-state index contributed by atoms with van der Waals surface area (Å²) in [5.41, 5.74) is 2.18. The summed E-state index contributed by atoms with van der Waals surface area (Å²) in [7, 11) is 3.84. The Hall–Kier alpha value is -1.94. The second-order valence-electron chi connectivity index (χ2n) is 5.64. The molecule has 0 spiro atoms. The number of aromatic nitrogens is 2. The zero-order valence-electron chi connectivity index (χ0n) is 12.6. The zero-order valence-corrected chi connectivity index (χ0v) is 12.6. The predicted molar refractivity (Wildman–Crippen MR) is 82.0 cm³/mol. The van der Waals surface area contributed by atoms with E-state index in [-0.39, 0.29) is 0 Å². The third-order valence-electron chi connectivity index (χ3n) is 3.97. The molecule has 0 aromatic carbocycles. The fourth-order valence-corrected chi connectivity index (χ4v) is 2.81. The molecule has 110 valence electrons. The Morgan fingerprint density at radius 2 is 2.10 bits per heavy atom. The van der Waals surface area contributed by atoms with Crippen LogP contribution in [0, 0.1) is 5.92 Å². The first-order valence-corrected chi connectivity index (χ1v) is 7.38. The van der Waals surface area contributed by atoms with Gasteiger partial charge in [-0.25, -0.2) is 0 Å². The molecule has 0 radical (unpaired) electrons. The van der Waals surface area contributed by atoms with Gasteiger partial charge in [0.2, 0.25) is 0 Å². The van der Waals surface area contributed by atoms with Crippen molar-refractivity contribution in [3.63, 3.8) is 0 Å². The lowest BCUT2D eigenvalue weighted by Crippen LogP contribution is -2.27. The Balaban J connectivity index is 1.77. The Labute approximate surface area is 125 Å². The van der Waals surface area contributed by atoms with Gasteiger partial charge in [0.25, 0.3) is 0 Å². The maximum absolute atomic E-state index is 5.27. The molecule has 1 unspecified atom stereocenters. The number of methoxy groups -OCH3 is 1. The molecule has 21 heavy (non-hydrogen) atoms. The summed E-state index contributed by atoms with van der Waals surface area (Å²) in [4.78, 5) is 11.3. The summed E-state index contributed by atoms with van der Waals surface area (Å²) >= 11 is 0. The van der Waals surface area contributed by atoms with Crippen molar-refractivity contribution in [2.24, 2.45) is 5.92 Å². The van der Waals surface area contributed by atoms with E-state index in [0.29, 0.717) is 6.04 Å². The van der Waals surface area contributed by atoms with E-state index in [9.17, 15) is 0 Å². The van der Waals surface area contributed by atoms with Crippen LogP contribution in [0.4, 0.5) is 0 Å². The molecule has 1 aliphatic rings. The minimum absolute atomic E-state index is 0.374. The van der Waals surface area contributed by atoms with Gasteiger partial charge in [0.05, 0.1) is 24.5 Å². The van der Waals surface area contributed by atoms with Gasteiger partial charge in [-0.05, 0) is 44.0 Å². The van der Waals surface area contributed by atoms with Crippen LogP contribution >= 0.6 is 0 Å². The van der Waals surface area contributed by atoms with E-state index >= 15 is 0 Å². The number of pyridine rings is 2. The number of nitrogens with zero attached hydrogens (tertiary/aromatic N) is 3. The van der Waals surface area contributed by atoms with E-state index < -0.39 is 0 Å². The molecule has 1 saturated carbocycles. The molecule has 1 fully saturated rings. The van der Waals surface area contributed by atoms with E-state index in [2.05, 4.69) is 34.0 Å². The third-order valence-corrected chi connectivity index (χ3v) is 3.97. The first kappa shape index (κ1) is 14.0. The number of hydrogen-bond acceptors (Lipinski definition) is 4. The monoisotopic (exact) mass is 283 g/mol. The summed E-state index contributed by atoms with van der Waals surface area (Å²) in [5.74, 6) is 1.57. The van der Waals surface area contributed by atoms with Crippen LogP contribution in [0.5, 0.6) is 5.75 Å². The molecule has 2 heterocycles. The summed E-state index contributed by atoms with van der Waals surface area (Å²) in [5, 5.41) is 0. The largest absolute Gasteiger partial charge is 0.497 e. The molecule has 0 saturated heterocycles. The highest BCUT2D eigenvalue weighted by atomic mass is 16.5. The average molecular weight is 283 g/mol. The smallest absolute Gasteiger partial charge is 0.122 e. The van der Waals surface area contributed by atoms with Crippen LogP contribution in [0.2, 0.25) is 0 Å². The summed E-state index contributed by atoms with van der Waals surface area (Å²) in [6, 6.07) is 10.4. The highest BCUT2D eigenvalue weighted by molar-refractivity contribution is 5.22. The first-order chi connectivity index (χ1) is 10.3. The molecule has 0 bridgehead atoms. The highest BCUT2D eigenvalue weighted by Crippen LogP contribution is 2.43. The van der Waals surface area contributed by atoms with E-state index in [1.165, 1.54) is 12.8 Å². The van der Waals surface area contributed by atoms with Crippen LogP contribution in [-0.4, -0.2) is 29.0 Å². The van der Waals surface area contributed by atoms with Crippen molar-refractivity contribution >= 4 is 0 Å². The van der Waals surface area contributed by atoms with Crippen molar-refractivity contribution in [3.05, 3.63) is 54.1 Å². The normalized spacial score (nSPS) is 16.0. The topological polar surface area (TPSA) is 38.2 Å². The van der Waals surface area contributed by atoms with Crippen LogP contribution in [0.15, 0.2) is 42.7 Å². The van der Waals surface area contributed by atoms with Gasteiger partial charge in [-0.15, -0.1) is 0 Å². The highest BCUT2D eigenvalue weighted by Gasteiger charge is 2.35. The molecule has 1 aliphatic carbocycles. The van der Waals surface area contributed by atoms with Gasteiger partial charge >= 0.3 is 0 Å². The Morgan fingerprint density at radius 3 is 2.76 bits per heavy atom. The van der Waals surface area contributed by atoms with Crippen LogP contribution in [-0.2, 0) is 6.54 Å². The van der Waals surface area contributed by atoms with Gasteiger partial charge in [-0.1, -0.05) is 6.07 Å². The molecule has 3 rings (SSSR count). The van der Waals surface area contributed by atoms with Crippen molar-refractivity contribution in [3.8, 4) is 5.75 Å². The maximum Gasteiger partial charge on any atom is 0.122 e. The Kier molecular flexibility index (Phi) is 4.15. The molecule has 2 aromatic heterocycles. The van der Waals surface area contributed by atoms with E-state index in [0.717, 1.165) is 29.6 Å². The minimum Gasteiger partial charge on any atom is -0.497 e. The molecular formula is C17H21N3O. The molecule has 4 heteroatoms. The van der Waals surface area contributed by atoms with Gasteiger partial charge in [0.1, 0.15) is 5.75 Å². The molecular weight excluding hydrogens is 262 g/mol. The molecule has 1 atom stereocenters. The molecule has 2 aromatic rings. The number of ether oxygens (including phenoxy) is 1. The van der Waals surface area contributed by atoms with Gasteiger partial charge < -0.3 is 4.74 Å². The maximum atomic E-state index is 5.27. The first-order valence-electron chi connectivity index (χ1n) is 7.38. The SMILES string of the molecule is COc1ccnc(CN(C)C(c2ccccn2)C2CC2)c1. The second-order valence-corrected chi connectivity index (χ2v) is 5.64. The summed E-state index contributed by atoms with van der Waals surface area (Å²) < 4.78 is 5.27. The van der Waals surface area contributed by atoms with E-state index in [4.69, 9.17) is 4.74 Å². The Bertz CT molecular complexity index is 584. The van der Waals surface area contributed by atoms with Crippen LogP contribution in [0.25, 0.3) is 0 Å². The van der Waals surface area contributed by atoms with Crippen LogP contribution < -0.4 is 4.74 Å². The lowest BCUT2D eigenvalue weighted by atomic mass is 10.1. The van der Waals surface area contributed by atoms with Crippen molar-refractivity contribution < 1.29 is 4.74 Å². The van der Waals surface area contributed by atoms with Crippen molar-refractivity contribution in [2.75, 3.05) is 14.2 Å². The van der Waals surface area contributed by atoms with Crippen LogP contribution in [0.3, 0.4) is 0 Å². The third kappa shape index (κ3) is 3.39. The van der Waals surface area contributed by atoms with Crippen molar-refractivity contribution in [1.29, 1.82) is 0 Å². The summed E-state index contributed by atoms with van der Waals surface area (Å²) in [6.07, 6.45) is 6.26. The minimum atomic E-state index is 0.374.